The molecule has 0 atom stereocenters. The maximum atomic E-state index is 6.34. The van der Waals surface area contributed by atoms with Crippen LogP contribution in [0.2, 0.25) is 10.0 Å². The minimum absolute atomic E-state index is 0.508. The Balaban J connectivity index is 2.30. The number of fused-ring (bicyclic) bond motifs is 1. The molecule has 0 aliphatic carbocycles. The molecule has 0 N–H and O–H groups in total. The van der Waals surface area contributed by atoms with Crippen molar-refractivity contribution < 1.29 is 0 Å². The zero-order chi connectivity index (χ0) is 14.1. The molecule has 2 nitrogen and oxygen atoms in total. The third-order valence-corrected chi connectivity index (χ3v) is 3.85. The van der Waals surface area contributed by atoms with E-state index in [9.17, 15) is 0 Å². The van der Waals surface area contributed by atoms with Crippen molar-refractivity contribution in [2.45, 2.75) is 6.42 Å². The van der Waals surface area contributed by atoms with Crippen molar-refractivity contribution in [3.05, 3.63) is 58.3 Å². The summed E-state index contributed by atoms with van der Waals surface area (Å²) in [5.41, 5.74) is 2.74. The Hall–Kier alpha value is -1.22. The summed E-state index contributed by atoms with van der Waals surface area (Å²) in [6.07, 6.45) is 0.676. The number of benzene rings is 2. The summed E-state index contributed by atoms with van der Waals surface area (Å²) in [4.78, 5) is 4.62. The average molecular weight is 326 g/mol. The highest BCUT2D eigenvalue weighted by atomic mass is 35.5. The molecule has 102 valence electrons. The van der Waals surface area contributed by atoms with Crippen molar-refractivity contribution >= 4 is 45.8 Å². The minimum Gasteiger partial charge on any atom is -0.295 e. The molecule has 0 saturated carbocycles. The van der Waals surface area contributed by atoms with E-state index in [1.165, 1.54) is 0 Å². The summed E-state index contributed by atoms with van der Waals surface area (Å²) in [7, 11) is 0. The van der Waals surface area contributed by atoms with E-state index < -0.39 is 0 Å². The van der Waals surface area contributed by atoms with Crippen LogP contribution in [0.5, 0.6) is 0 Å². The number of para-hydroxylation sites is 1. The van der Waals surface area contributed by atoms with Crippen LogP contribution in [0.4, 0.5) is 0 Å². The number of aryl methyl sites for hydroxylation is 1. The molecule has 0 radical (unpaired) electrons. The van der Waals surface area contributed by atoms with Crippen molar-refractivity contribution in [3.63, 3.8) is 0 Å². The molecule has 0 aliphatic heterocycles. The van der Waals surface area contributed by atoms with Crippen molar-refractivity contribution in [1.82, 2.24) is 9.55 Å². The lowest BCUT2D eigenvalue weighted by Crippen LogP contribution is -2.02. The van der Waals surface area contributed by atoms with E-state index in [-0.39, 0.29) is 0 Å². The largest absolute Gasteiger partial charge is 0.295 e. The van der Waals surface area contributed by atoms with Gasteiger partial charge in [-0.25, -0.2) is 4.98 Å². The smallest absolute Gasteiger partial charge is 0.115 e. The maximum absolute atomic E-state index is 6.34. The number of imidazole rings is 1. The summed E-state index contributed by atoms with van der Waals surface area (Å²) in [6, 6.07) is 13.3. The van der Waals surface area contributed by atoms with Crippen molar-refractivity contribution in [1.29, 1.82) is 0 Å². The van der Waals surface area contributed by atoms with Gasteiger partial charge in [-0.1, -0.05) is 29.3 Å². The van der Waals surface area contributed by atoms with Crippen LogP contribution < -0.4 is 0 Å². The second-order valence-electron chi connectivity index (χ2n) is 4.39. The van der Waals surface area contributed by atoms with Gasteiger partial charge >= 0.3 is 0 Å². The molecule has 0 saturated heterocycles. The molecular formula is C15H11Cl3N2. The first-order chi connectivity index (χ1) is 9.70. The van der Waals surface area contributed by atoms with E-state index in [4.69, 9.17) is 34.8 Å². The van der Waals surface area contributed by atoms with Crippen LogP contribution in [0.3, 0.4) is 0 Å². The molecule has 20 heavy (non-hydrogen) atoms. The van der Waals surface area contributed by atoms with Gasteiger partial charge in [-0.15, -0.1) is 11.6 Å². The second-order valence-corrected chi connectivity index (χ2v) is 5.61. The van der Waals surface area contributed by atoms with Crippen molar-refractivity contribution in [2.24, 2.45) is 0 Å². The Morgan fingerprint density at radius 3 is 2.45 bits per heavy atom. The standard InChI is InChI=1S/C15H11Cl3N2/c16-9-8-14-19-13-3-1-2-12(18)15(13)20(14)11-6-4-10(17)5-7-11/h1-7H,8-9H2. The first-order valence-corrected chi connectivity index (χ1v) is 7.47. The summed E-state index contributed by atoms with van der Waals surface area (Å²) in [5, 5.41) is 1.37. The Morgan fingerprint density at radius 2 is 1.75 bits per heavy atom. The van der Waals surface area contributed by atoms with Crippen LogP contribution in [0.25, 0.3) is 16.7 Å². The minimum atomic E-state index is 0.508. The van der Waals surface area contributed by atoms with Crippen LogP contribution in [0.1, 0.15) is 5.82 Å². The quantitative estimate of drug-likeness (QED) is 0.612. The molecule has 0 aliphatic rings. The van der Waals surface area contributed by atoms with Gasteiger partial charge in [-0.2, -0.15) is 0 Å². The number of hydrogen-bond acceptors (Lipinski definition) is 1. The van der Waals surface area contributed by atoms with Gasteiger partial charge in [0.2, 0.25) is 0 Å². The monoisotopic (exact) mass is 324 g/mol. The van der Waals surface area contributed by atoms with Gasteiger partial charge < -0.3 is 0 Å². The predicted octanol–water partition coefficient (Wildman–Crippen LogP) is 5.11. The second kappa shape index (κ2) is 5.65. The average Bonchev–Trinajstić information content (AvgIpc) is 2.80. The zero-order valence-corrected chi connectivity index (χ0v) is 12.8. The summed E-state index contributed by atoms with van der Waals surface area (Å²) in [5.74, 6) is 1.40. The predicted molar refractivity (Wildman–Crippen MR) is 85.5 cm³/mol. The van der Waals surface area contributed by atoms with E-state index in [1.807, 2.05) is 47.0 Å². The molecule has 0 bridgehead atoms. The fourth-order valence-corrected chi connectivity index (χ4v) is 2.80. The van der Waals surface area contributed by atoms with E-state index in [2.05, 4.69) is 4.98 Å². The molecule has 2 aromatic carbocycles. The molecule has 1 aromatic heterocycles. The molecule has 0 spiro atoms. The van der Waals surface area contributed by atoms with Gasteiger partial charge in [0.05, 0.1) is 16.1 Å². The Labute approximate surface area is 131 Å². The third-order valence-electron chi connectivity index (χ3n) is 3.10. The van der Waals surface area contributed by atoms with Crippen molar-refractivity contribution in [3.8, 4) is 5.69 Å². The number of halogens is 3. The van der Waals surface area contributed by atoms with Gasteiger partial charge in [0.15, 0.2) is 0 Å². The van der Waals surface area contributed by atoms with E-state index in [1.54, 1.807) is 0 Å². The molecule has 0 fully saturated rings. The normalized spacial score (nSPS) is 11.2. The van der Waals surface area contributed by atoms with E-state index in [0.717, 1.165) is 22.5 Å². The number of hydrogen-bond donors (Lipinski definition) is 0. The third kappa shape index (κ3) is 2.39. The Kier molecular flexibility index (Phi) is 3.88. The fourth-order valence-electron chi connectivity index (χ4n) is 2.25. The van der Waals surface area contributed by atoms with Gasteiger partial charge in [-0.05, 0) is 36.4 Å². The van der Waals surface area contributed by atoms with Crippen LogP contribution in [0, 0.1) is 0 Å². The number of alkyl halides is 1. The lowest BCUT2D eigenvalue weighted by atomic mass is 10.2. The molecule has 5 heteroatoms. The highest BCUT2D eigenvalue weighted by Gasteiger charge is 2.14. The fraction of sp³-hybridized carbons (Fsp3) is 0.133. The van der Waals surface area contributed by atoms with Gasteiger partial charge in [0, 0.05) is 23.0 Å². The van der Waals surface area contributed by atoms with Gasteiger partial charge in [0.25, 0.3) is 0 Å². The molecule has 3 aromatic rings. The van der Waals surface area contributed by atoms with Crippen LogP contribution in [-0.4, -0.2) is 15.4 Å². The van der Waals surface area contributed by atoms with Gasteiger partial charge in [-0.3, -0.25) is 4.57 Å². The highest BCUT2D eigenvalue weighted by molar-refractivity contribution is 6.35. The lowest BCUT2D eigenvalue weighted by Gasteiger charge is -2.09. The maximum Gasteiger partial charge on any atom is 0.115 e. The molecule has 3 rings (SSSR count). The number of nitrogens with zero attached hydrogens (tertiary/aromatic N) is 2. The lowest BCUT2D eigenvalue weighted by molar-refractivity contribution is 0.912. The zero-order valence-electron chi connectivity index (χ0n) is 10.5. The molecule has 0 unspecified atom stereocenters. The summed E-state index contributed by atoms with van der Waals surface area (Å²) >= 11 is 18.2. The molecule has 1 heterocycles. The first-order valence-electron chi connectivity index (χ1n) is 6.18. The van der Waals surface area contributed by atoms with Crippen molar-refractivity contribution in [2.75, 3.05) is 5.88 Å². The Bertz CT molecular complexity index is 748. The number of aromatic nitrogens is 2. The highest BCUT2D eigenvalue weighted by Crippen LogP contribution is 2.28. The SMILES string of the molecule is ClCCc1nc2cccc(Cl)c2n1-c1ccc(Cl)cc1. The van der Waals surface area contributed by atoms with Crippen LogP contribution in [-0.2, 0) is 6.42 Å². The Morgan fingerprint density at radius 1 is 1.00 bits per heavy atom. The first kappa shape index (κ1) is 13.7. The summed E-state index contributed by atoms with van der Waals surface area (Å²) < 4.78 is 2.04. The van der Waals surface area contributed by atoms with Crippen LogP contribution in [0.15, 0.2) is 42.5 Å². The summed E-state index contributed by atoms with van der Waals surface area (Å²) in [6.45, 7) is 0. The van der Waals surface area contributed by atoms with Crippen LogP contribution >= 0.6 is 34.8 Å². The molecule has 0 amide bonds. The topological polar surface area (TPSA) is 17.8 Å². The number of rotatable bonds is 3. The van der Waals surface area contributed by atoms with E-state index >= 15 is 0 Å². The van der Waals surface area contributed by atoms with E-state index in [0.29, 0.717) is 22.3 Å². The van der Waals surface area contributed by atoms with Gasteiger partial charge in [0.1, 0.15) is 5.82 Å². The molecular weight excluding hydrogens is 315 g/mol.